The monoisotopic (exact) mass is 340 g/mol. The number of hydrogen-bond acceptors (Lipinski definition) is 7. The average molecular weight is 340 g/mol. The van der Waals surface area contributed by atoms with Crippen LogP contribution in [0.2, 0.25) is 0 Å². The van der Waals surface area contributed by atoms with Crippen LogP contribution in [0.5, 0.6) is 0 Å². The van der Waals surface area contributed by atoms with Gasteiger partial charge in [0.25, 0.3) is 5.56 Å². The van der Waals surface area contributed by atoms with Crippen molar-refractivity contribution < 1.29 is 19.0 Å². The van der Waals surface area contributed by atoms with E-state index in [1.54, 1.807) is 13.8 Å². The number of fused-ring (bicyclic) bond motifs is 1. The molecule has 2 aliphatic rings. The largest absolute Gasteiger partial charge is 0.352 e. The molecule has 10 heteroatoms. The van der Waals surface area contributed by atoms with Gasteiger partial charge in [-0.25, -0.2) is 4.79 Å². The van der Waals surface area contributed by atoms with Crippen molar-refractivity contribution in [3.63, 3.8) is 0 Å². The number of carbonyl (C=O) groups excluding carboxylic acids is 1. The second kappa shape index (κ2) is 6.13. The number of nitrogens with zero attached hydrogens (tertiary/aromatic N) is 1. The zero-order chi connectivity index (χ0) is 17.5. The molecule has 1 amide bonds. The van der Waals surface area contributed by atoms with E-state index in [0.29, 0.717) is 0 Å². The zero-order valence-electron chi connectivity index (χ0n) is 13.4. The number of nitrogens with one attached hydrogen (secondary N) is 2. The van der Waals surface area contributed by atoms with Crippen LogP contribution in [0.3, 0.4) is 0 Å². The maximum atomic E-state index is 12.0. The number of rotatable bonds is 4. The Kier molecular flexibility index (Phi) is 4.30. The second-order valence-corrected chi connectivity index (χ2v) is 6.16. The minimum Gasteiger partial charge on any atom is -0.352 e. The summed E-state index contributed by atoms with van der Waals surface area (Å²) in [5.74, 6) is -1.17. The molecule has 1 aromatic rings. The third kappa shape index (κ3) is 3.13. The van der Waals surface area contributed by atoms with Gasteiger partial charge in [-0.3, -0.25) is 19.1 Å². The van der Waals surface area contributed by atoms with Crippen LogP contribution in [0, 0.1) is 0 Å². The highest BCUT2D eigenvalue weighted by molar-refractivity contribution is 5.77. The van der Waals surface area contributed by atoms with Crippen LogP contribution in [-0.2, 0) is 19.0 Å². The number of H-pyrrole nitrogens is 1. The molecule has 24 heavy (non-hydrogen) atoms. The molecule has 132 valence electrons. The summed E-state index contributed by atoms with van der Waals surface area (Å²) in [5, 5.41) is 2.64. The standard InChI is InChI=1S/C14H20N4O6/c1-14(2)23-10-7(6-16-9(20)5-15)22-12(11(10)24-14)18-4-3-8(19)17-13(18)21/h3-4,7,10-12H,5-6,15H2,1-2H3,(H,16,20)(H,17,19,21)/t7-,10-,11-,12-/m1/s1. The van der Waals surface area contributed by atoms with Gasteiger partial charge in [0.15, 0.2) is 12.0 Å². The summed E-state index contributed by atoms with van der Waals surface area (Å²) in [6.45, 7) is 3.55. The number of aromatic amines is 1. The van der Waals surface area contributed by atoms with Gasteiger partial charge in [-0.1, -0.05) is 0 Å². The average Bonchev–Trinajstić information content (AvgIpc) is 2.98. The highest BCUT2D eigenvalue weighted by atomic mass is 16.8. The number of carbonyl (C=O) groups is 1. The quantitative estimate of drug-likeness (QED) is 0.578. The smallest absolute Gasteiger partial charge is 0.330 e. The maximum absolute atomic E-state index is 12.0. The van der Waals surface area contributed by atoms with E-state index in [1.165, 1.54) is 16.8 Å². The molecule has 0 saturated carbocycles. The third-order valence-electron chi connectivity index (χ3n) is 3.94. The number of aromatic nitrogens is 2. The highest BCUT2D eigenvalue weighted by Crippen LogP contribution is 2.42. The van der Waals surface area contributed by atoms with Crippen LogP contribution in [0.4, 0.5) is 0 Å². The van der Waals surface area contributed by atoms with Crippen molar-refractivity contribution in [1.82, 2.24) is 14.9 Å². The van der Waals surface area contributed by atoms with Gasteiger partial charge < -0.3 is 25.3 Å². The first kappa shape index (κ1) is 16.8. The Hall–Kier alpha value is -2.01. The Balaban J connectivity index is 1.86. The lowest BCUT2D eigenvalue weighted by Crippen LogP contribution is -2.41. The molecule has 0 unspecified atom stereocenters. The first-order valence-corrected chi connectivity index (χ1v) is 7.60. The molecule has 0 aliphatic carbocycles. The molecular formula is C14H20N4O6. The van der Waals surface area contributed by atoms with Crippen molar-refractivity contribution in [2.24, 2.45) is 5.73 Å². The van der Waals surface area contributed by atoms with Crippen molar-refractivity contribution in [2.75, 3.05) is 13.1 Å². The molecule has 0 radical (unpaired) electrons. The lowest BCUT2D eigenvalue weighted by Gasteiger charge is -2.24. The molecule has 2 saturated heterocycles. The first-order valence-electron chi connectivity index (χ1n) is 7.60. The Morgan fingerprint density at radius 3 is 2.75 bits per heavy atom. The summed E-state index contributed by atoms with van der Waals surface area (Å²) in [6.07, 6.45) is -0.972. The zero-order valence-corrected chi connectivity index (χ0v) is 13.4. The van der Waals surface area contributed by atoms with Crippen molar-refractivity contribution in [3.8, 4) is 0 Å². The summed E-state index contributed by atoms with van der Waals surface area (Å²) in [4.78, 5) is 36.8. The topological polar surface area (TPSA) is 138 Å². The molecule has 2 fully saturated rings. The molecule has 2 aliphatic heterocycles. The molecule has 10 nitrogen and oxygen atoms in total. The maximum Gasteiger partial charge on any atom is 0.330 e. The lowest BCUT2D eigenvalue weighted by molar-refractivity contribution is -0.196. The fraction of sp³-hybridized carbons (Fsp3) is 0.643. The summed E-state index contributed by atoms with van der Waals surface area (Å²) in [6, 6.07) is 1.23. The van der Waals surface area contributed by atoms with Crippen molar-refractivity contribution in [1.29, 1.82) is 0 Å². The van der Waals surface area contributed by atoms with E-state index in [-0.39, 0.29) is 19.0 Å². The van der Waals surface area contributed by atoms with Crippen LogP contribution in [0.15, 0.2) is 21.9 Å². The van der Waals surface area contributed by atoms with Gasteiger partial charge in [-0.05, 0) is 13.8 Å². The van der Waals surface area contributed by atoms with Gasteiger partial charge >= 0.3 is 5.69 Å². The Labute approximate surface area is 136 Å². The minimum atomic E-state index is -0.848. The van der Waals surface area contributed by atoms with E-state index < -0.39 is 41.6 Å². The SMILES string of the molecule is CC1(C)O[C@@H]2[C@H](O1)[C@@H](CNC(=O)CN)O[C@H]2n1ccc(=O)[nH]c1=O. The predicted molar refractivity (Wildman–Crippen MR) is 81.1 cm³/mol. The fourth-order valence-corrected chi connectivity index (χ4v) is 2.96. The molecule has 1 aromatic heterocycles. The Bertz CT molecular complexity index is 741. The summed E-state index contributed by atoms with van der Waals surface area (Å²) >= 11 is 0. The van der Waals surface area contributed by atoms with Crippen LogP contribution >= 0.6 is 0 Å². The van der Waals surface area contributed by atoms with Gasteiger partial charge in [-0.2, -0.15) is 0 Å². The number of hydrogen-bond donors (Lipinski definition) is 3. The Morgan fingerprint density at radius 1 is 1.38 bits per heavy atom. The lowest BCUT2D eigenvalue weighted by atomic mass is 10.1. The van der Waals surface area contributed by atoms with Gasteiger partial charge in [0.05, 0.1) is 6.54 Å². The van der Waals surface area contributed by atoms with Crippen molar-refractivity contribution >= 4 is 5.91 Å². The molecule has 0 bridgehead atoms. The van der Waals surface area contributed by atoms with E-state index in [0.717, 1.165) is 0 Å². The number of amides is 1. The van der Waals surface area contributed by atoms with Gasteiger partial charge in [0.2, 0.25) is 5.91 Å². The summed E-state index contributed by atoms with van der Waals surface area (Å²) in [7, 11) is 0. The molecule has 4 atom stereocenters. The number of ether oxygens (including phenoxy) is 3. The van der Waals surface area contributed by atoms with Crippen LogP contribution in [0.25, 0.3) is 0 Å². The second-order valence-electron chi connectivity index (χ2n) is 6.16. The first-order chi connectivity index (χ1) is 11.3. The third-order valence-corrected chi connectivity index (χ3v) is 3.94. The highest BCUT2D eigenvalue weighted by Gasteiger charge is 2.56. The molecule has 3 heterocycles. The van der Waals surface area contributed by atoms with Crippen LogP contribution in [-0.4, -0.2) is 52.6 Å². The molecule has 3 rings (SSSR count). The summed E-state index contributed by atoms with van der Waals surface area (Å²) in [5.41, 5.74) is 4.17. The van der Waals surface area contributed by atoms with E-state index in [2.05, 4.69) is 10.3 Å². The molecule has 0 aromatic carbocycles. The van der Waals surface area contributed by atoms with E-state index in [1.807, 2.05) is 0 Å². The fourth-order valence-electron chi connectivity index (χ4n) is 2.96. The van der Waals surface area contributed by atoms with Crippen LogP contribution in [0.1, 0.15) is 20.1 Å². The van der Waals surface area contributed by atoms with Crippen molar-refractivity contribution in [2.45, 2.75) is 44.2 Å². The normalized spacial score (nSPS) is 31.0. The number of nitrogens with two attached hydrogens (primary N) is 1. The summed E-state index contributed by atoms with van der Waals surface area (Å²) < 4.78 is 18.8. The van der Waals surface area contributed by atoms with E-state index >= 15 is 0 Å². The minimum absolute atomic E-state index is 0.132. The van der Waals surface area contributed by atoms with E-state index in [4.69, 9.17) is 19.9 Å². The Morgan fingerprint density at radius 2 is 2.08 bits per heavy atom. The molecule has 4 N–H and O–H groups in total. The van der Waals surface area contributed by atoms with Gasteiger partial charge in [-0.15, -0.1) is 0 Å². The van der Waals surface area contributed by atoms with Gasteiger partial charge in [0, 0.05) is 18.8 Å². The van der Waals surface area contributed by atoms with E-state index in [9.17, 15) is 14.4 Å². The van der Waals surface area contributed by atoms with Gasteiger partial charge in [0.1, 0.15) is 18.3 Å². The van der Waals surface area contributed by atoms with Crippen LogP contribution < -0.4 is 22.3 Å². The molecular weight excluding hydrogens is 320 g/mol. The molecule has 0 spiro atoms. The predicted octanol–water partition coefficient (Wildman–Crippen LogP) is -1.97. The van der Waals surface area contributed by atoms with Crippen molar-refractivity contribution in [3.05, 3.63) is 33.1 Å².